The Morgan fingerprint density at radius 2 is 0.652 bits per heavy atom. The van der Waals surface area contributed by atoms with Gasteiger partial charge in [-0.05, 0) is 143 Å². The summed E-state index contributed by atoms with van der Waals surface area (Å²) in [6.07, 6.45) is -2.57. The molecule has 3 spiro atoms. The number of hydrogen-bond donors (Lipinski definition) is 6. The lowest BCUT2D eigenvalue weighted by Gasteiger charge is -2.56. The summed E-state index contributed by atoms with van der Waals surface area (Å²) in [5.74, 6) is -1.25. The largest absolute Gasteiger partial charge is 0.389 e. The summed E-state index contributed by atoms with van der Waals surface area (Å²) >= 11 is 0. The molecule has 21 nitrogen and oxygen atoms in total. The Bertz CT molecular complexity index is 1880. The second kappa shape index (κ2) is 18.5. The van der Waals surface area contributed by atoms with Gasteiger partial charge in [0.15, 0.2) is 0 Å². The summed E-state index contributed by atoms with van der Waals surface area (Å²) in [5, 5.41) is 42.2. The zero-order valence-electron chi connectivity index (χ0n) is 43.9. The molecule has 0 aromatic carbocycles. The Hall–Kier alpha value is -3.54. The van der Waals surface area contributed by atoms with Crippen molar-refractivity contribution in [2.45, 2.75) is 196 Å². The fourth-order valence-electron chi connectivity index (χ4n) is 12.9. The van der Waals surface area contributed by atoms with E-state index < -0.39 is 110 Å². The molecule has 0 radical (unpaired) electrons. The molecule has 69 heavy (non-hydrogen) atoms. The van der Waals surface area contributed by atoms with E-state index in [1.54, 1.807) is 0 Å². The summed E-state index contributed by atoms with van der Waals surface area (Å²) in [4.78, 5) is 91.3. The van der Waals surface area contributed by atoms with E-state index in [-0.39, 0.29) is 52.7 Å². The van der Waals surface area contributed by atoms with Crippen molar-refractivity contribution in [1.29, 1.82) is 0 Å². The SMILES string of the molecule is CN1C(C)(C)CC2(CC1(C)C)NC(=O)N(CC(O)COCC(COCC(O)CN1C(=O)NC3(CC(C)(C)N(C)C(C)(C)C3)C1=O)OCC(O)CN1C(=O)NC3(CC(C)(C)N(C)C(C)(C)C3)C1=O)C2=O. The molecule has 6 rings (SSSR count). The number of nitrogens with one attached hydrogen (secondary N) is 3. The first-order valence-corrected chi connectivity index (χ1v) is 24.4. The normalized spacial score (nSPS) is 28.3. The van der Waals surface area contributed by atoms with Crippen molar-refractivity contribution in [2.24, 2.45) is 0 Å². The van der Waals surface area contributed by atoms with Gasteiger partial charge >= 0.3 is 18.1 Å². The molecule has 0 aliphatic carbocycles. The van der Waals surface area contributed by atoms with Crippen LogP contribution in [0, 0.1) is 0 Å². The second-order valence-corrected chi connectivity index (χ2v) is 24.9. The molecule has 9 amide bonds. The molecule has 6 aliphatic heterocycles. The summed E-state index contributed by atoms with van der Waals surface area (Å²) in [7, 11) is 5.99. The van der Waals surface area contributed by atoms with Gasteiger partial charge in [-0.2, -0.15) is 0 Å². The van der Waals surface area contributed by atoms with E-state index in [0.717, 1.165) is 14.7 Å². The molecule has 3 atom stereocenters. The molecule has 0 aromatic rings. The Morgan fingerprint density at radius 3 is 0.899 bits per heavy atom. The topological polar surface area (TPSA) is 246 Å². The molecule has 6 aliphatic rings. The van der Waals surface area contributed by atoms with Crippen molar-refractivity contribution in [3.63, 3.8) is 0 Å². The number of urea groups is 3. The molecular formula is C48H83N9O12. The second-order valence-electron chi connectivity index (χ2n) is 24.9. The van der Waals surface area contributed by atoms with E-state index >= 15 is 0 Å². The highest BCUT2D eigenvalue weighted by Crippen LogP contribution is 2.48. The number of rotatable bonds is 17. The molecule has 0 aromatic heterocycles. The lowest BCUT2D eigenvalue weighted by atomic mass is 9.69. The first-order valence-electron chi connectivity index (χ1n) is 24.4. The predicted molar refractivity (Wildman–Crippen MR) is 254 cm³/mol. The maximum atomic E-state index is 14.0. The van der Waals surface area contributed by atoms with E-state index in [1.165, 1.54) is 0 Å². The Kier molecular flexibility index (Phi) is 14.7. The molecule has 6 saturated heterocycles. The average molecular weight is 978 g/mol. The number of aliphatic hydroxyl groups excluding tert-OH is 3. The van der Waals surface area contributed by atoms with E-state index in [0.29, 0.717) is 38.5 Å². The minimum Gasteiger partial charge on any atom is -0.389 e. The maximum Gasteiger partial charge on any atom is 0.325 e. The molecule has 392 valence electrons. The van der Waals surface area contributed by atoms with Gasteiger partial charge in [-0.1, -0.05) is 0 Å². The van der Waals surface area contributed by atoms with Crippen molar-refractivity contribution in [1.82, 2.24) is 45.3 Å². The van der Waals surface area contributed by atoms with Crippen LogP contribution in [-0.2, 0) is 28.6 Å². The van der Waals surface area contributed by atoms with E-state index in [9.17, 15) is 44.1 Å². The van der Waals surface area contributed by atoms with Gasteiger partial charge in [-0.25, -0.2) is 14.4 Å². The van der Waals surface area contributed by atoms with Crippen LogP contribution in [-0.4, -0.2) is 229 Å². The highest BCUT2D eigenvalue weighted by molar-refractivity contribution is 6.08. The zero-order chi connectivity index (χ0) is 51.9. The molecular weight excluding hydrogens is 895 g/mol. The third kappa shape index (κ3) is 10.5. The first kappa shape index (κ1) is 54.8. The number of amides is 9. The summed E-state index contributed by atoms with van der Waals surface area (Å²) in [6, 6.07) is -1.81. The number of ether oxygens (including phenoxy) is 3. The number of likely N-dealkylation sites (tertiary alicyclic amines) is 3. The monoisotopic (exact) mass is 978 g/mol. The van der Waals surface area contributed by atoms with E-state index in [4.69, 9.17) is 14.2 Å². The Labute approximate surface area is 408 Å². The maximum absolute atomic E-state index is 14.0. The molecule has 0 bridgehead atoms. The fraction of sp³-hybridized carbons (Fsp3) is 0.875. The Balaban J connectivity index is 1.07. The number of β-amino-alcohol motifs (C(OH)–C–C–N with tert-alkyl or cyclic N) is 3. The molecule has 6 fully saturated rings. The van der Waals surface area contributed by atoms with Crippen LogP contribution in [0.15, 0.2) is 0 Å². The summed E-state index contributed by atoms with van der Waals surface area (Å²) in [5.41, 5.74) is -5.89. The van der Waals surface area contributed by atoms with Crippen LogP contribution in [0.5, 0.6) is 0 Å². The van der Waals surface area contributed by atoms with Gasteiger partial charge in [0, 0.05) is 33.2 Å². The van der Waals surface area contributed by atoms with Crippen LogP contribution in [0.2, 0.25) is 0 Å². The molecule has 0 saturated carbocycles. The van der Waals surface area contributed by atoms with Gasteiger partial charge in [0.2, 0.25) is 0 Å². The van der Waals surface area contributed by atoms with Gasteiger partial charge < -0.3 is 45.5 Å². The van der Waals surface area contributed by atoms with E-state index in [1.807, 2.05) is 104 Å². The number of carbonyl (C=O) groups is 6. The molecule has 21 heteroatoms. The summed E-state index contributed by atoms with van der Waals surface area (Å²) < 4.78 is 17.8. The van der Waals surface area contributed by atoms with Gasteiger partial charge in [0.1, 0.15) is 22.7 Å². The Morgan fingerprint density at radius 1 is 0.420 bits per heavy atom. The molecule has 3 unspecified atom stereocenters. The molecule has 6 N–H and O–H groups in total. The quantitative estimate of drug-likeness (QED) is 0.112. The minimum atomic E-state index is -1.33. The third-order valence-corrected chi connectivity index (χ3v) is 16.5. The third-order valence-electron chi connectivity index (χ3n) is 16.5. The first-order chi connectivity index (χ1) is 31.5. The minimum absolute atomic E-state index is 0.224. The smallest absolute Gasteiger partial charge is 0.325 e. The van der Waals surface area contributed by atoms with Crippen molar-refractivity contribution < 1.29 is 58.3 Å². The highest BCUT2D eigenvalue weighted by Gasteiger charge is 2.63. The van der Waals surface area contributed by atoms with Crippen molar-refractivity contribution >= 4 is 35.8 Å². The fourth-order valence-corrected chi connectivity index (χ4v) is 12.9. The predicted octanol–water partition coefficient (Wildman–Crippen LogP) is 1.21. The van der Waals surface area contributed by atoms with Crippen LogP contribution in [0.25, 0.3) is 0 Å². The van der Waals surface area contributed by atoms with Gasteiger partial charge in [0.25, 0.3) is 17.7 Å². The van der Waals surface area contributed by atoms with Crippen molar-refractivity contribution in [3.8, 4) is 0 Å². The number of piperidine rings is 3. The number of carbonyl (C=O) groups excluding carboxylic acids is 6. The lowest BCUT2D eigenvalue weighted by Crippen LogP contribution is -2.68. The number of imide groups is 3. The van der Waals surface area contributed by atoms with Gasteiger partial charge in [-0.15, -0.1) is 0 Å². The van der Waals surface area contributed by atoms with Crippen LogP contribution < -0.4 is 16.0 Å². The van der Waals surface area contributed by atoms with Gasteiger partial charge in [0.05, 0.1) is 71.0 Å². The van der Waals surface area contributed by atoms with Crippen LogP contribution in [0.4, 0.5) is 14.4 Å². The zero-order valence-corrected chi connectivity index (χ0v) is 43.9. The summed E-state index contributed by atoms with van der Waals surface area (Å²) in [6.45, 7) is 21.8. The number of hydrogen-bond acceptors (Lipinski definition) is 15. The molecule has 6 heterocycles. The van der Waals surface area contributed by atoms with Crippen molar-refractivity contribution in [2.75, 3.05) is 73.8 Å². The van der Waals surface area contributed by atoms with Crippen LogP contribution >= 0.6 is 0 Å². The van der Waals surface area contributed by atoms with E-state index in [2.05, 4.69) is 30.7 Å². The lowest BCUT2D eigenvalue weighted by molar-refractivity contribution is -0.142. The van der Waals surface area contributed by atoms with Crippen molar-refractivity contribution in [3.05, 3.63) is 0 Å². The standard InChI is InChI=1S/C48H83N9O12/c1-40(2)24-46(25-41(3,4)52(40)13)34(61)55(37(64)49-46)16-30(58)19-67-22-33(69-21-32(60)18-57-36(63)48(51-39(57)66)28-44(9,10)54(15)45(11,12)29-48)23-68-20-31(59)17-56-35(62)47(50-38(56)65)26-42(5,6)53(14)43(7,8)27-47/h30-33,58-60H,16-29H2,1-15H3,(H,49,64)(H,50,65)(H,51,66). The van der Waals surface area contributed by atoms with Crippen LogP contribution in [0.3, 0.4) is 0 Å². The van der Waals surface area contributed by atoms with Crippen LogP contribution in [0.1, 0.15) is 122 Å². The highest BCUT2D eigenvalue weighted by atomic mass is 16.6. The number of nitrogens with zero attached hydrogens (tertiary/aromatic N) is 6. The average Bonchev–Trinajstić information content (AvgIpc) is 3.65. The van der Waals surface area contributed by atoms with Gasteiger partial charge in [-0.3, -0.25) is 43.8 Å². The number of aliphatic hydroxyl groups is 3.